The molecule has 0 aliphatic carbocycles. The largest absolute Gasteiger partial charge is 0.494 e. The number of rotatable bonds is 9. The summed E-state index contributed by atoms with van der Waals surface area (Å²) in [7, 11) is 0. The van der Waals surface area contributed by atoms with Gasteiger partial charge in [-0.25, -0.2) is 8.78 Å². The first-order valence-electron chi connectivity index (χ1n) is 10.4. The minimum atomic E-state index is -0.822. The van der Waals surface area contributed by atoms with E-state index in [0.717, 1.165) is 37.9 Å². The number of hydrogen-bond donors (Lipinski definition) is 0. The molecule has 3 heteroatoms. The van der Waals surface area contributed by atoms with Gasteiger partial charge < -0.3 is 4.74 Å². The highest BCUT2D eigenvalue weighted by molar-refractivity contribution is 5.72. The molecule has 0 radical (unpaired) electrons. The maximum Gasteiger partial charge on any atom is 0.167 e. The molecule has 0 aromatic heterocycles. The van der Waals surface area contributed by atoms with Crippen molar-refractivity contribution < 1.29 is 13.5 Å². The summed E-state index contributed by atoms with van der Waals surface area (Å²) in [4.78, 5) is 0. The molecule has 1 nitrogen and oxygen atoms in total. The lowest BCUT2D eigenvalue weighted by Gasteiger charge is -2.11. The van der Waals surface area contributed by atoms with Crippen LogP contribution in [0.25, 0.3) is 22.3 Å². The molecule has 0 N–H and O–H groups in total. The van der Waals surface area contributed by atoms with Crippen LogP contribution in [-0.4, -0.2) is 6.61 Å². The Hall–Kier alpha value is -2.68. The maximum absolute atomic E-state index is 14.8. The molecule has 3 aromatic rings. The van der Waals surface area contributed by atoms with E-state index in [9.17, 15) is 8.78 Å². The van der Waals surface area contributed by atoms with Crippen LogP contribution in [0.1, 0.15) is 45.1 Å². The topological polar surface area (TPSA) is 9.23 Å². The number of ether oxygens (including phenoxy) is 1. The minimum Gasteiger partial charge on any atom is -0.494 e. The first-order valence-corrected chi connectivity index (χ1v) is 10.4. The summed E-state index contributed by atoms with van der Waals surface area (Å²) in [6.45, 7) is 4.93. The van der Waals surface area contributed by atoms with Crippen molar-refractivity contribution in [3.05, 3.63) is 77.9 Å². The highest BCUT2D eigenvalue weighted by Crippen LogP contribution is 2.32. The average molecular weight is 395 g/mol. The van der Waals surface area contributed by atoms with Crippen LogP contribution in [0.3, 0.4) is 0 Å². The zero-order chi connectivity index (χ0) is 20.6. The number of unbranched alkanes of at least 4 members (excludes halogenated alkanes) is 2. The van der Waals surface area contributed by atoms with Gasteiger partial charge in [-0.3, -0.25) is 0 Å². The molecule has 29 heavy (non-hydrogen) atoms. The molecule has 0 saturated carbocycles. The molecule has 0 bridgehead atoms. The van der Waals surface area contributed by atoms with Gasteiger partial charge in [-0.15, -0.1) is 0 Å². The van der Waals surface area contributed by atoms with Crippen LogP contribution in [-0.2, 0) is 6.42 Å². The minimum absolute atomic E-state index is 0.256. The van der Waals surface area contributed by atoms with Crippen molar-refractivity contribution in [2.24, 2.45) is 0 Å². The van der Waals surface area contributed by atoms with Crippen LogP contribution in [0.15, 0.2) is 60.7 Å². The summed E-state index contributed by atoms with van der Waals surface area (Å²) in [5, 5.41) is 0. The van der Waals surface area contributed by atoms with Gasteiger partial charge in [-0.2, -0.15) is 0 Å². The second kappa shape index (κ2) is 10.2. The third kappa shape index (κ3) is 5.23. The summed E-state index contributed by atoms with van der Waals surface area (Å²) < 4.78 is 35.3. The fourth-order valence-corrected chi connectivity index (χ4v) is 3.41. The molecule has 0 aliphatic heterocycles. The molecule has 0 atom stereocenters. The summed E-state index contributed by atoms with van der Waals surface area (Å²) >= 11 is 0. The molecule has 0 amide bonds. The number of halogens is 2. The molecule has 3 aromatic carbocycles. The maximum atomic E-state index is 14.8. The van der Waals surface area contributed by atoms with Crippen molar-refractivity contribution in [2.45, 2.75) is 46.0 Å². The molecular weight excluding hydrogens is 366 g/mol. The molecule has 0 spiro atoms. The van der Waals surface area contributed by atoms with Crippen molar-refractivity contribution in [2.75, 3.05) is 6.61 Å². The zero-order valence-electron chi connectivity index (χ0n) is 17.2. The van der Waals surface area contributed by atoms with Crippen LogP contribution in [0.5, 0.6) is 5.75 Å². The first-order chi connectivity index (χ1) is 14.1. The number of aryl methyl sites for hydroxylation is 1. The third-order valence-corrected chi connectivity index (χ3v) is 5.07. The van der Waals surface area contributed by atoms with Crippen LogP contribution in [0, 0.1) is 11.6 Å². The molecule has 0 heterocycles. The Bertz CT molecular complexity index is 915. The van der Waals surface area contributed by atoms with Gasteiger partial charge in [0.25, 0.3) is 0 Å². The Kier molecular flexibility index (Phi) is 7.40. The average Bonchev–Trinajstić information content (AvgIpc) is 2.75. The Balaban J connectivity index is 1.78. The van der Waals surface area contributed by atoms with Gasteiger partial charge in [-0.05, 0) is 41.7 Å². The van der Waals surface area contributed by atoms with Gasteiger partial charge in [0.1, 0.15) is 5.75 Å². The molecular formula is C26H28F2O. The summed E-state index contributed by atoms with van der Waals surface area (Å²) in [5.41, 5.74) is 3.05. The van der Waals surface area contributed by atoms with Crippen molar-refractivity contribution in [3.8, 4) is 28.0 Å². The smallest absolute Gasteiger partial charge is 0.167 e. The predicted octanol–water partition coefficient (Wildman–Crippen LogP) is 7.82. The molecule has 0 aliphatic rings. The van der Waals surface area contributed by atoms with Crippen LogP contribution < -0.4 is 4.74 Å². The lowest BCUT2D eigenvalue weighted by atomic mass is 9.97. The molecule has 0 fully saturated rings. The SMILES string of the molecule is CCCCCOc1ccc(-c2ccc(-c3ccc(CCC)cc3)c(F)c2F)cc1. The zero-order valence-corrected chi connectivity index (χ0v) is 17.2. The Morgan fingerprint density at radius 1 is 0.655 bits per heavy atom. The van der Waals surface area contributed by atoms with E-state index in [4.69, 9.17) is 4.74 Å². The fourth-order valence-electron chi connectivity index (χ4n) is 3.41. The van der Waals surface area contributed by atoms with Gasteiger partial charge in [0.2, 0.25) is 0 Å². The molecule has 0 saturated heterocycles. The van der Waals surface area contributed by atoms with Crippen molar-refractivity contribution in [1.29, 1.82) is 0 Å². The summed E-state index contributed by atoms with van der Waals surface area (Å²) in [5.74, 6) is -0.892. The second-order valence-corrected chi connectivity index (χ2v) is 7.32. The summed E-state index contributed by atoms with van der Waals surface area (Å²) in [6.07, 6.45) is 5.33. The predicted molar refractivity (Wildman–Crippen MR) is 116 cm³/mol. The van der Waals surface area contributed by atoms with Crippen molar-refractivity contribution in [1.82, 2.24) is 0 Å². The monoisotopic (exact) mass is 394 g/mol. The Morgan fingerprint density at radius 3 is 1.72 bits per heavy atom. The van der Waals surface area contributed by atoms with E-state index in [2.05, 4.69) is 13.8 Å². The van der Waals surface area contributed by atoms with E-state index in [1.165, 1.54) is 5.56 Å². The highest BCUT2D eigenvalue weighted by atomic mass is 19.2. The number of benzene rings is 3. The quantitative estimate of drug-likeness (QED) is 0.336. The van der Waals surface area contributed by atoms with E-state index in [1.807, 2.05) is 24.3 Å². The van der Waals surface area contributed by atoms with Crippen LogP contribution in [0.2, 0.25) is 0 Å². The standard InChI is InChI=1S/C26H28F2O/c1-3-5-6-18-29-22-14-12-21(13-15-22)24-17-16-23(25(27)26(24)28)20-10-8-19(7-4-2)9-11-20/h8-17H,3-7,18H2,1-2H3. The van der Waals surface area contributed by atoms with Crippen LogP contribution in [0.4, 0.5) is 8.78 Å². The Morgan fingerprint density at radius 2 is 1.21 bits per heavy atom. The molecule has 0 unspecified atom stereocenters. The van der Waals surface area contributed by atoms with Crippen molar-refractivity contribution >= 4 is 0 Å². The lowest BCUT2D eigenvalue weighted by Crippen LogP contribution is -1.97. The van der Waals surface area contributed by atoms with Crippen LogP contribution >= 0.6 is 0 Å². The normalized spacial score (nSPS) is 10.9. The lowest BCUT2D eigenvalue weighted by molar-refractivity contribution is 0.306. The number of hydrogen-bond acceptors (Lipinski definition) is 1. The van der Waals surface area contributed by atoms with Gasteiger partial charge in [0.15, 0.2) is 11.6 Å². The summed E-state index contributed by atoms with van der Waals surface area (Å²) in [6, 6.07) is 18.1. The van der Waals surface area contributed by atoms with Gasteiger partial charge in [-0.1, -0.05) is 81.6 Å². The highest BCUT2D eigenvalue weighted by Gasteiger charge is 2.16. The van der Waals surface area contributed by atoms with E-state index < -0.39 is 11.6 Å². The van der Waals surface area contributed by atoms with Gasteiger partial charge >= 0.3 is 0 Å². The van der Waals surface area contributed by atoms with E-state index in [-0.39, 0.29) is 11.1 Å². The van der Waals surface area contributed by atoms with E-state index >= 15 is 0 Å². The molecule has 152 valence electrons. The third-order valence-electron chi connectivity index (χ3n) is 5.07. The first kappa shape index (κ1) is 21.0. The van der Waals surface area contributed by atoms with E-state index in [1.54, 1.807) is 36.4 Å². The van der Waals surface area contributed by atoms with Crippen molar-refractivity contribution in [3.63, 3.8) is 0 Å². The second-order valence-electron chi connectivity index (χ2n) is 7.32. The van der Waals surface area contributed by atoms with E-state index in [0.29, 0.717) is 17.7 Å². The Labute approximate surface area is 172 Å². The fraction of sp³-hybridized carbons (Fsp3) is 0.308. The molecule has 3 rings (SSSR count). The van der Waals surface area contributed by atoms with Gasteiger partial charge in [0.05, 0.1) is 6.61 Å². The van der Waals surface area contributed by atoms with Gasteiger partial charge in [0, 0.05) is 11.1 Å².